The lowest BCUT2D eigenvalue weighted by molar-refractivity contribution is -0.665. The molecule has 2 rings (SSSR count). The molecule has 0 bridgehead atoms. The maximum Gasteiger partial charge on any atom is 0.287 e. The molecule has 0 atom stereocenters. The minimum atomic E-state index is 0.943. The molecule has 2 aromatic rings. The molecule has 0 radical (unpaired) electrons. The van der Waals surface area contributed by atoms with Crippen LogP contribution in [0.5, 0.6) is 0 Å². The van der Waals surface area contributed by atoms with Crippen LogP contribution in [0.15, 0.2) is 42.1 Å². The van der Waals surface area contributed by atoms with E-state index >= 15 is 0 Å². The van der Waals surface area contributed by atoms with Gasteiger partial charge in [-0.15, -0.1) is 11.8 Å². The molecule has 0 N–H and O–H groups in total. The fourth-order valence-electron chi connectivity index (χ4n) is 2.04. The second-order valence-corrected chi connectivity index (χ2v) is 4.96. The van der Waals surface area contributed by atoms with Gasteiger partial charge in [-0.3, -0.25) is 0 Å². The first-order chi connectivity index (χ1) is 8.69. The Balaban J connectivity index is 2.78. The van der Waals surface area contributed by atoms with Gasteiger partial charge in [0.2, 0.25) is 0 Å². The summed E-state index contributed by atoms with van der Waals surface area (Å²) in [6, 6.07) is 8.42. The van der Waals surface area contributed by atoms with Crippen molar-refractivity contribution < 1.29 is 4.57 Å². The van der Waals surface area contributed by atoms with Crippen LogP contribution in [0.2, 0.25) is 0 Å². The molecule has 2 nitrogen and oxygen atoms in total. The average molecular weight is 257 g/mol. The second-order valence-electron chi connectivity index (χ2n) is 4.14. The third-order valence-electron chi connectivity index (χ3n) is 2.97. The van der Waals surface area contributed by atoms with E-state index in [0.29, 0.717) is 0 Å². The molecular formula is C15H17N2S+. The lowest BCUT2D eigenvalue weighted by Gasteiger charge is -2.10. The van der Waals surface area contributed by atoms with Crippen molar-refractivity contribution >= 4 is 17.8 Å². The molecule has 0 aliphatic heterocycles. The summed E-state index contributed by atoms with van der Waals surface area (Å²) in [6.07, 6.45) is 5.73. The molecule has 0 aliphatic carbocycles. The molecule has 0 spiro atoms. The van der Waals surface area contributed by atoms with Gasteiger partial charge in [0.25, 0.3) is 6.33 Å². The molecule has 1 heterocycles. The minimum Gasteiger partial charge on any atom is -0.231 e. The fraction of sp³-hybridized carbons (Fsp3) is 0.200. The van der Waals surface area contributed by atoms with Crippen molar-refractivity contribution in [2.24, 2.45) is 7.05 Å². The summed E-state index contributed by atoms with van der Waals surface area (Å²) in [5.74, 6) is 0. The third-order valence-corrected chi connectivity index (χ3v) is 3.78. The lowest BCUT2D eigenvalue weighted by atomic mass is 10.0. The van der Waals surface area contributed by atoms with Gasteiger partial charge in [0.1, 0.15) is 4.90 Å². The highest BCUT2D eigenvalue weighted by atomic mass is 32.2. The van der Waals surface area contributed by atoms with Gasteiger partial charge in [0.05, 0.1) is 7.05 Å². The van der Waals surface area contributed by atoms with E-state index in [1.54, 1.807) is 11.8 Å². The van der Waals surface area contributed by atoms with Gasteiger partial charge >= 0.3 is 0 Å². The van der Waals surface area contributed by atoms with Crippen LogP contribution in [0.3, 0.4) is 0 Å². The zero-order chi connectivity index (χ0) is 13.1. The van der Waals surface area contributed by atoms with Gasteiger partial charge < -0.3 is 0 Å². The molecule has 0 unspecified atom stereocenters. The smallest absolute Gasteiger partial charge is 0.231 e. The number of thioether (sulfide) groups is 1. The Kier molecular flexibility index (Phi) is 3.82. The Bertz CT molecular complexity index is 591. The largest absolute Gasteiger partial charge is 0.287 e. The molecule has 0 aliphatic rings. The van der Waals surface area contributed by atoms with Crippen LogP contribution in [0.4, 0.5) is 0 Å². The summed E-state index contributed by atoms with van der Waals surface area (Å²) in [4.78, 5) is 5.58. The van der Waals surface area contributed by atoms with Crippen molar-refractivity contribution in [3.63, 3.8) is 0 Å². The summed E-state index contributed by atoms with van der Waals surface area (Å²) >= 11 is 1.71. The van der Waals surface area contributed by atoms with E-state index in [0.717, 1.165) is 5.69 Å². The van der Waals surface area contributed by atoms with E-state index < -0.39 is 0 Å². The van der Waals surface area contributed by atoms with Crippen LogP contribution in [-0.4, -0.2) is 11.2 Å². The van der Waals surface area contributed by atoms with Crippen molar-refractivity contribution in [1.82, 2.24) is 4.98 Å². The van der Waals surface area contributed by atoms with Crippen LogP contribution >= 0.6 is 11.8 Å². The molecule has 92 valence electrons. The highest BCUT2D eigenvalue weighted by molar-refractivity contribution is 7.98. The van der Waals surface area contributed by atoms with E-state index in [4.69, 9.17) is 0 Å². The summed E-state index contributed by atoms with van der Waals surface area (Å²) in [5.41, 5.74) is 4.66. The molecule has 0 amide bonds. The minimum absolute atomic E-state index is 0.943. The fourth-order valence-corrected chi connectivity index (χ4v) is 2.84. The number of hydrogen-bond acceptors (Lipinski definition) is 2. The summed E-state index contributed by atoms with van der Waals surface area (Å²) in [5, 5.41) is 0. The Morgan fingerprint density at radius 1 is 1.33 bits per heavy atom. The van der Waals surface area contributed by atoms with Gasteiger partial charge in [-0.05, 0) is 29.8 Å². The van der Waals surface area contributed by atoms with Gasteiger partial charge in [-0.25, -0.2) is 4.57 Å². The van der Waals surface area contributed by atoms with Gasteiger partial charge in [0, 0.05) is 5.56 Å². The number of aromatic nitrogens is 2. The van der Waals surface area contributed by atoms with Gasteiger partial charge in [-0.1, -0.05) is 30.8 Å². The molecular weight excluding hydrogens is 240 g/mol. The molecule has 18 heavy (non-hydrogen) atoms. The Morgan fingerprint density at radius 3 is 2.67 bits per heavy atom. The molecule has 1 aromatic heterocycles. The average Bonchev–Trinajstić information content (AvgIpc) is 2.39. The summed E-state index contributed by atoms with van der Waals surface area (Å²) < 4.78 is 2.07. The van der Waals surface area contributed by atoms with Crippen LogP contribution in [0, 0.1) is 6.92 Å². The lowest BCUT2D eigenvalue weighted by Crippen LogP contribution is -2.32. The van der Waals surface area contributed by atoms with E-state index in [1.165, 1.54) is 21.7 Å². The number of nitrogens with zero attached hydrogens (tertiary/aromatic N) is 2. The zero-order valence-corrected chi connectivity index (χ0v) is 11.8. The van der Waals surface area contributed by atoms with Crippen molar-refractivity contribution in [2.75, 3.05) is 6.26 Å². The molecule has 0 saturated carbocycles. The predicted molar refractivity (Wildman–Crippen MR) is 77.5 cm³/mol. The molecule has 3 heteroatoms. The summed E-state index contributed by atoms with van der Waals surface area (Å²) in [6.45, 7) is 5.97. The van der Waals surface area contributed by atoms with Crippen LogP contribution in [0.25, 0.3) is 17.3 Å². The highest BCUT2D eigenvalue weighted by Crippen LogP contribution is 2.31. The van der Waals surface area contributed by atoms with E-state index in [2.05, 4.69) is 53.6 Å². The predicted octanol–water partition coefficient (Wildman–Crippen LogP) is 3.25. The molecule has 1 aromatic carbocycles. The molecule has 0 fully saturated rings. The van der Waals surface area contributed by atoms with Crippen molar-refractivity contribution in [2.45, 2.75) is 11.8 Å². The quantitative estimate of drug-likeness (QED) is 0.620. The number of benzene rings is 1. The normalized spacial score (nSPS) is 10.4. The number of aryl methyl sites for hydroxylation is 2. The van der Waals surface area contributed by atoms with Gasteiger partial charge in [0.15, 0.2) is 11.4 Å². The van der Waals surface area contributed by atoms with Gasteiger partial charge in [-0.2, -0.15) is 0 Å². The van der Waals surface area contributed by atoms with Crippen LogP contribution < -0.4 is 4.57 Å². The van der Waals surface area contributed by atoms with Crippen molar-refractivity contribution in [3.8, 4) is 11.3 Å². The monoisotopic (exact) mass is 257 g/mol. The Hall–Kier alpha value is -1.61. The maximum atomic E-state index is 4.41. The van der Waals surface area contributed by atoms with E-state index in [-0.39, 0.29) is 0 Å². The zero-order valence-electron chi connectivity index (χ0n) is 11.0. The van der Waals surface area contributed by atoms with Crippen LogP contribution in [-0.2, 0) is 7.05 Å². The Morgan fingerprint density at radius 2 is 2.06 bits per heavy atom. The highest BCUT2D eigenvalue weighted by Gasteiger charge is 2.19. The van der Waals surface area contributed by atoms with Crippen molar-refractivity contribution in [1.29, 1.82) is 0 Å². The second kappa shape index (κ2) is 5.36. The van der Waals surface area contributed by atoms with Crippen molar-refractivity contribution in [3.05, 3.63) is 48.4 Å². The first kappa shape index (κ1) is 12.8. The first-order valence-electron chi connectivity index (χ1n) is 5.80. The number of hydrogen-bond donors (Lipinski definition) is 0. The third kappa shape index (κ3) is 2.18. The standard InChI is InChI=1S/C15H17N2S/c1-5-13-15(18-4)14(17(3)10-16-13)12-9-7-6-8-11(12)2/h5-10H,1H2,2-4H3/q+1. The Labute approximate surface area is 112 Å². The molecule has 0 saturated heterocycles. The number of rotatable bonds is 3. The van der Waals surface area contributed by atoms with E-state index in [1.807, 2.05) is 19.5 Å². The van der Waals surface area contributed by atoms with E-state index in [9.17, 15) is 0 Å². The van der Waals surface area contributed by atoms with Crippen LogP contribution in [0.1, 0.15) is 11.3 Å². The topological polar surface area (TPSA) is 16.8 Å². The maximum absolute atomic E-state index is 4.41. The first-order valence-corrected chi connectivity index (χ1v) is 7.02. The SMILES string of the molecule is C=Cc1nc[n+](C)c(-c2ccccc2C)c1SC. The summed E-state index contributed by atoms with van der Waals surface area (Å²) in [7, 11) is 2.03.